The van der Waals surface area contributed by atoms with E-state index in [1.165, 1.54) is 4.90 Å². The number of amides is 1. The first-order chi connectivity index (χ1) is 7.58. The van der Waals surface area contributed by atoms with Crippen LogP contribution >= 0.6 is 0 Å². The summed E-state index contributed by atoms with van der Waals surface area (Å²) in [5.41, 5.74) is -0.868. The van der Waals surface area contributed by atoms with Gasteiger partial charge in [-0.2, -0.15) is 0 Å². The molecule has 0 bridgehead atoms. The van der Waals surface area contributed by atoms with E-state index in [1.54, 1.807) is 13.8 Å². The third-order valence-corrected chi connectivity index (χ3v) is 3.30. The number of esters is 1. The quantitative estimate of drug-likeness (QED) is 0.506. The van der Waals surface area contributed by atoms with Gasteiger partial charge in [0, 0.05) is 6.54 Å². The van der Waals surface area contributed by atoms with Crippen molar-refractivity contribution in [2.75, 3.05) is 13.2 Å². The Labute approximate surface area is 93.7 Å². The van der Waals surface area contributed by atoms with E-state index in [1.807, 2.05) is 0 Å². The van der Waals surface area contributed by atoms with Crippen molar-refractivity contribution >= 4 is 17.7 Å². The first-order valence-corrected chi connectivity index (χ1v) is 5.60. The van der Waals surface area contributed by atoms with Gasteiger partial charge in [0.1, 0.15) is 5.41 Å². The molecule has 0 aromatic heterocycles. The zero-order valence-electron chi connectivity index (χ0n) is 9.49. The molecule has 1 amide bonds. The minimum Gasteiger partial charge on any atom is -0.464 e. The van der Waals surface area contributed by atoms with Crippen LogP contribution in [-0.4, -0.2) is 41.8 Å². The van der Waals surface area contributed by atoms with Gasteiger partial charge >= 0.3 is 5.97 Å². The molecule has 1 atom stereocenters. The summed E-state index contributed by atoms with van der Waals surface area (Å²) >= 11 is 0. The van der Waals surface area contributed by atoms with Crippen LogP contribution in [0.4, 0.5) is 0 Å². The lowest BCUT2D eigenvalue weighted by atomic mass is 10.0. The van der Waals surface area contributed by atoms with E-state index < -0.39 is 17.4 Å². The van der Waals surface area contributed by atoms with Crippen molar-refractivity contribution in [3.63, 3.8) is 0 Å². The van der Waals surface area contributed by atoms with Gasteiger partial charge in [-0.15, -0.1) is 0 Å². The Balaban J connectivity index is 2.27. The average Bonchev–Trinajstić information content (AvgIpc) is 3.01. The molecule has 1 saturated carbocycles. The standard InChI is InChI=1S/C11H15NO4/c1-3-12-7(9(14)16-4-2)8(13)11(5-6-11)10(12)15/h7H,3-6H2,1-2H3. The number of ether oxygens (including phenoxy) is 1. The van der Waals surface area contributed by atoms with Crippen LogP contribution in [0.1, 0.15) is 26.7 Å². The van der Waals surface area contributed by atoms with E-state index >= 15 is 0 Å². The highest BCUT2D eigenvalue weighted by Gasteiger charge is 2.67. The molecule has 1 saturated heterocycles. The Morgan fingerprint density at radius 3 is 2.50 bits per heavy atom. The second-order valence-corrected chi connectivity index (χ2v) is 4.19. The minimum absolute atomic E-state index is 0.196. The molecule has 1 aliphatic carbocycles. The maximum Gasteiger partial charge on any atom is 0.336 e. The fourth-order valence-electron chi connectivity index (χ4n) is 2.27. The normalized spacial score (nSPS) is 26.4. The number of carbonyl (C=O) groups is 3. The first kappa shape index (κ1) is 11.1. The number of likely N-dealkylation sites (tertiary alicyclic amines) is 1. The van der Waals surface area contributed by atoms with E-state index in [0.717, 1.165) is 0 Å². The Kier molecular flexibility index (Phi) is 2.48. The van der Waals surface area contributed by atoms with Crippen LogP contribution in [-0.2, 0) is 19.1 Å². The summed E-state index contributed by atoms with van der Waals surface area (Å²) in [7, 11) is 0. The topological polar surface area (TPSA) is 63.7 Å². The predicted molar refractivity (Wildman–Crippen MR) is 54.5 cm³/mol. The van der Waals surface area contributed by atoms with E-state index in [9.17, 15) is 14.4 Å². The molecule has 5 nitrogen and oxygen atoms in total. The number of Topliss-reactive ketones (excluding diaryl/α,β-unsaturated/α-hetero) is 1. The van der Waals surface area contributed by atoms with Crippen molar-refractivity contribution in [1.29, 1.82) is 0 Å². The Morgan fingerprint density at radius 2 is 2.06 bits per heavy atom. The van der Waals surface area contributed by atoms with Gasteiger partial charge in [-0.05, 0) is 26.7 Å². The summed E-state index contributed by atoms with van der Waals surface area (Å²) in [5, 5.41) is 0. The molecule has 2 rings (SSSR count). The van der Waals surface area contributed by atoms with Crippen LogP contribution in [0, 0.1) is 5.41 Å². The summed E-state index contributed by atoms with van der Waals surface area (Å²) in [4.78, 5) is 37.0. The van der Waals surface area contributed by atoms with Crippen LogP contribution in [0.2, 0.25) is 0 Å². The molecule has 0 radical (unpaired) electrons. The number of nitrogens with zero attached hydrogens (tertiary/aromatic N) is 1. The van der Waals surface area contributed by atoms with E-state index in [4.69, 9.17) is 4.74 Å². The fraction of sp³-hybridized carbons (Fsp3) is 0.727. The summed E-state index contributed by atoms with van der Waals surface area (Å²) in [6.45, 7) is 4.04. The van der Waals surface area contributed by atoms with Crippen molar-refractivity contribution in [2.45, 2.75) is 32.7 Å². The molecule has 2 aliphatic rings. The zero-order chi connectivity index (χ0) is 11.9. The fourth-order valence-corrected chi connectivity index (χ4v) is 2.27. The van der Waals surface area contributed by atoms with Crippen molar-refractivity contribution in [1.82, 2.24) is 4.90 Å². The molecule has 0 aromatic carbocycles. The van der Waals surface area contributed by atoms with Crippen molar-refractivity contribution in [2.24, 2.45) is 5.41 Å². The minimum atomic E-state index is -1.00. The molecule has 0 N–H and O–H groups in total. The van der Waals surface area contributed by atoms with Gasteiger partial charge in [0.2, 0.25) is 5.91 Å². The van der Waals surface area contributed by atoms with Crippen molar-refractivity contribution in [3.8, 4) is 0 Å². The van der Waals surface area contributed by atoms with Gasteiger partial charge in [-0.25, -0.2) is 4.79 Å². The highest BCUT2D eigenvalue weighted by Crippen LogP contribution is 2.53. The second kappa shape index (κ2) is 3.57. The summed E-state index contributed by atoms with van der Waals surface area (Å²) in [6, 6.07) is -1.00. The largest absolute Gasteiger partial charge is 0.464 e. The zero-order valence-corrected chi connectivity index (χ0v) is 9.49. The monoisotopic (exact) mass is 225 g/mol. The lowest BCUT2D eigenvalue weighted by Crippen LogP contribution is -2.42. The third-order valence-electron chi connectivity index (χ3n) is 3.30. The van der Waals surface area contributed by atoms with Gasteiger partial charge in [0.25, 0.3) is 0 Å². The third kappa shape index (κ3) is 1.27. The summed E-state index contributed by atoms with van der Waals surface area (Å²) in [6.07, 6.45) is 1.16. The number of rotatable bonds is 3. The maximum absolute atomic E-state index is 12.0. The van der Waals surface area contributed by atoms with Crippen LogP contribution in [0.3, 0.4) is 0 Å². The van der Waals surface area contributed by atoms with Crippen molar-refractivity contribution < 1.29 is 19.1 Å². The Bertz CT molecular complexity index is 359. The molecule has 88 valence electrons. The highest BCUT2D eigenvalue weighted by molar-refractivity contribution is 6.23. The van der Waals surface area contributed by atoms with E-state index in [0.29, 0.717) is 19.4 Å². The second-order valence-electron chi connectivity index (χ2n) is 4.19. The average molecular weight is 225 g/mol. The predicted octanol–water partition coefficient (Wildman–Crippen LogP) is 0.129. The first-order valence-electron chi connectivity index (χ1n) is 5.60. The van der Waals surface area contributed by atoms with Crippen LogP contribution in [0.5, 0.6) is 0 Å². The van der Waals surface area contributed by atoms with E-state index in [-0.39, 0.29) is 18.3 Å². The molecule has 1 aliphatic heterocycles. The molecule has 1 unspecified atom stereocenters. The number of hydrogen-bond acceptors (Lipinski definition) is 4. The SMILES string of the molecule is CCOC(=O)C1C(=O)C2(CC2)C(=O)N1CC. The molecule has 1 spiro atoms. The summed E-state index contributed by atoms with van der Waals surface area (Å²) < 4.78 is 4.84. The lowest BCUT2D eigenvalue weighted by Gasteiger charge is -2.19. The summed E-state index contributed by atoms with van der Waals surface area (Å²) in [5.74, 6) is -1.05. The molecule has 16 heavy (non-hydrogen) atoms. The number of hydrogen-bond donors (Lipinski definition) is 0. The molecule has 1 heterocycles. The molecule has 0 aromatic rings. The number of likely N-dealkylation sites (N-methyl/N-ethyl adjacent to an activating group) is 1. The lowest BCUT2D eigenvalue weighted by molar-refractivity contribution is -0.153. The van der Waals surface area contributed by atoms with Crippen LogP contribution < -0.4 is 0 Å². The molecule has 2 fully saturated rings. The van der Waals surface area contributed by atoms with Gasteiger partial charge in [0.15, 0.2) is 11.8 Å². The molecular weight excluding hydrogens is 210 g/mol. The van der Waals surface area contributed by atoms with E-state index in [2.05, 4.69) is 0 Å². The van der Waals surface area contributed by atoms with Gasteiger partial charge in [-0.3, -0.25) is 9.59 Å². The molecular formula is C11H15NO4. The number of ketones is 1. The highest BCUT2D eigenvalue weighted by atomic mass is 16.5. The smallest absolute Gasteiger partial charge is 0.336 e. The Hall–Kier alpha value is -1.39. The van der Waals surface area contributed by atoms with Crippen LogP contribution in [0.15, 0.2) is 0 Å². The van der Waals surface area contributed by atoms with Gasteiger partial charge in [0.05, 0.1) is 6.61 Å². The van der Waals surface area contributed by atoms with Crippen LogP contribution in [0.25, 0.3) is 0 Å². The number of carbonyl (C=O) groups excluding carboxylic acids is 3. The Morgan fingerprint density at radius 1 is 1.44 bits per heavy atom. The van der Waals surface area contributed by atoms with Gasteiger partial charge < -0.3 is 9.64 Å². The van der Waals surface area contributed by atoms with Gasteiger partial charge in [-0.1, -0.05) is 0 Å². The maximum atomic E-state index is 12.0. The van der Waals surface area contributed by atoms with Crippen molar-refractivity contribution in [3.05, 3.63) is 0 Å². The molecule has 5 heteroatoms.